The predicted octanol–water partition coefficient (Wildman–Crippen LogP) is 5.04. The SMILES string of the molecule is CC.Cc1ccc(Nc2c(OO)oc3c(F)cncc23)c(F)c1. The number of nitrogens with one attached hydrogen (secondary N) is 1. The zero-order valence-corrected chi connectivity index (χ0v) is 12.9. The molecule has 1 aromatic carbocycles. The number of hydrogen-bond donors (Lipinski definition) is 2. The van der Waals surface area contributed by atoms with Gasteiger partial charge in [0.25, 0.3) is 0 Å². The molecule has 0 amide bonds. The summed E-state index contributed by atoms with van der Waals surface area (Å²) >= 11 is 0. The maximum Gasteiger partial charge on any atom is 0.347 e. The summed E-state index contributed by atoms with van der Waals surface area (Å²) in [7, 11) is 0. The van der Waals surface area contributed by atoms with Crippen LogP contribution in [0.2, 0.25) is 0 Å². The summed E-state index contributed by atoms with van der Waals surface area (Å²) in [6.45, 7) is 5.75. The number of aryl methyl sites for hydroxylation is 1. The minimum atomic E-state index is -0.719. The fourth-order valence-corrected chi connectivity index (χ4v) is 2.00. The lowest BCUT2D eigenvalue weighted by Gasteiger charge is -2.07. The van der Waals surface area contributed by atoms with E-state index >= 15 is 0 Å². The molecule has 2 N–H and O–H groups in total. The Bertz CT molecular complexity index is 818. The molecular weight excluding hydrogens is 306 g/mol. The van der Waals surface area contributed by atoms with Crippen LogP contribution in [0.3, 0.4) is 0 Å². The number of halogens is 2. The van der Waals surface area contributed by atoms with E-state index < -0.39 is 11.6 Å². The molecule has 0 aliphatic heterocycles. The zero-order valence-electron chi connectivity index (χ0n) is 12.9. The van der Waals surface area contributed by atoms with Crippen molar-refractivity contribution in [1.82, 2.24) is 4.98 Å². The lowest BCUT2D eigenvalue weighted by molar-refractivity contribution is -0.153. The molecule has 0 saturated carbocycles. The van der Waals surface area contributed by atoms with Gasteiger partial charge in [-0.1, -0.05) is 19.9 Å². The highest BCUT2D eigenvalue weighted by Gasteiger charge is 2.20. The van der Waals surface area contributed by atoms with E-state index in [9.17, 15) is 8.78 Å². The van der Waals surface area contributed by atoms with E-state index in [-0.39, 0.29) is 28.3 Å². The molecule has 2 aromatic heterocycles. The molecule has 0 radical (unpaired) electrons. The number of anilines is 2. The molecule has 0 saturated heterocycles. The quantitative estimate of drug-likeness (QED) is 0.522. The lowest BCUT2D eigenvalue weighted by Crippen LogP contribution is -1.96. The minimum absolute atomic E-state index is 0.0854. The fourth-order valence-electron chi connectivity index (χ4n) is 2.00. The van der Waals surface area contributed by atoms with Crippen molar-refractivity contribution in [2.24, 2.45) is 0 Å². The van der Waals surface area contributed by atoms with Gasteiger partial charge in [-0.05, 0) is 24.6 Å². The minimum Gasteiger partial charge on any atom is -0.419 e. The van der Waals surface area contributed by atoms with Crippen molar-refractivity contribution >= 4 is 22.3 Å². The second-order valence-corrected chi connectivity index (χ2v) is 4.46. The number of hydrogen-bond acceptors (Lipinski definition) is 5. The molecule has 0 aliphatic rings. The maximum atomic E-state index is 13.9. The van der Waals surface area contributed by atoms with Gasteiger partial charge >= 0.3 is 5.95 Å². The smallest absolute Gasteiger partial charge is 0.347 e. The first-order valence-corrected chi connectivity index (χ1v) is 7.00. The highest BCUT2D eigenvalue weighted by Crippen LogP contribution is 2.39. The van der Waals surface area contributed by atoms with Gasteiger partial charge in [-0.2, -0.15) is 5.26 Å². The van der Waals surface area contributed by atoms with Crippen LogP contribution in [0.25, 0.3) is 11.0 Å². The Morgan fingerprint density at radius 1 is 1.17 bits per heavy atom. The van der Waals surface area contributed by atoms with Gasteiger partial charge in [-0.15, -0.1) is 0 Å². The van der Waals surface area contributed by atoms with E-state index in [1.807, 2.05) is 13.8 Å². The van der Waals surface area contributed by atoms with Crippen molar-refractivity contribution in [3.63, 3.8) is 0 Å². The molecule has 0 fully saturated rings. The van der Waals surface area contributed by atoms with Crippen LogP contribution < -0.4 is 10.2 Å². The number of rotatable bonds is 3. The fraction of sp³-hybridized carbons (Fsp3) is 0.188. The first-order chi connectivity index (χ1) is 11.1. The molecule has 0 unspecified atom stereocenters. The predicted molar refractivity (Wildman–Crippen MR) is 83.0 cm³/mol. The molecule has 3 aromatic rings. The lowest BCUT2D eigenvalue weighted by atomic mass is 10.2. The van der Waals surface area contributed by atoms with E-state index in [1.54, 1.807) is 13.0 Å². The van der Waals surface area contributed by atoms with Crippen molar-refractivity contribution < 1.29 is 23.3 Å². The Morgan fingerprint density at radius 2 is 1.91 bits per heavy atom. The Kier molecular flexibility index (Phi) is 5.13. The highest BCUT2D eigenvalue weighted by atomic mass is 19.1. The number of furan rings is 1. The largest absolute Gasteiger partial charge is 0.419 e. The number of benzene rings is 1. The first kappa shape index (κ1) is 16.7. The number of fused-ring (bicyclic) bond motifs is 1. The summed E-state index contributed by atoms with van der Waals surface area (Å²) in [6, 6.07) is 4.55. The summed E-state index contributed by atoms with van der Waals surface area (Å²) in [4.78, 5) is 7.77. The van der Waals surface area contributed by atoms with E-state index in [2.05, 4.69) is 15.2 Å². The van der Waals surface area contributed by atoms with Crippen molar-refractivity contribution in [3.05, 3.63) is 47.8 Å². The van der Waals surface area contributed by atoms with Gasteiger partial charge in [0.05, 0.1) is 17.3 Å². The van der Waals surface area contributed by atoms with Crippen molar-refractivity contribution in [2.45, 2.75) is 20.8 Å². The van der Waals surface area contributed by atoms with Crippen LogP contribution in [-0.2, 0) is 0 Å². The standard InChI is InChI=1S/C14H10F2N2O3.C2H6/c1-7-2-3-11(9(15)4-7)18-12-8-5-17-6-10(16)13(8)20-14(12)21-19;1-2/h2-6,18-19H,1H3;1-2H3. The third-order valence-electron chi connectivity index (χ3n) is 2.99. The average molecular weight is 322 g/mol. The third kappa shape index (κ3) is 3.24. The molecule has 5 nitrogen and oxygen atoms in total. The molecule has 7 heteroatoms. The molecule has 0 atom stereocenters. The molecule has 3 rings (SSSR count). The van der Waals surface area contributed by atoms with E-state index in [0.29, 0.717) is 0 Å². The number of nitrogens with zero attached hydrogens (tertiary/aromatic N) is 1. The molecule has 0 aliphatic carbocycles. The number of aromatic nitrogens is 1. The summed E-state index contributed by atoms with van der Waals surface area (Å²) < 4.78 is 32.5. The monoisotopic (exact) mass is 322 g/mol. The molecule has 2 heterocycles. The van der Waals surface area contributed by atoms with Gasteiger partial charge in [0.1, 0.15) is 11.5 Å². The summed E-state index contributed by atoms with van der Waals surface area (Å²) in [5.41, 5.74) is 0.818. The summed E-state index contributed by atoms with van der Waals surface area (Å²) in [5.74, 6) is -1.60. The molecular formula is C16H16F2N2O3. The van der Waals surface area contributed by atoms with Crippen LogP contribution in [0, 0.1) is 18.6 Å². The van der Waals surface area contributed by atoms with Gasteiger partial charge in [0, 0.05) is 6.20 Å². The summed E-state index contributed by atoms with van der Waals surface area (Å²) in [6.07, 6.45) is 2.28. The normalized spacial score (nSPS) is 10.2. The second kappa shape index (κ2) is 7.06. The average Bonchev–Trinajstić information content (AvgIpc) is 2.91. The van der Waals surface area contributed by atoms with E-state index in [4.69, 9.17) is 9.67 Å². The van der Waals surface area contributed by atoms with Crippen LogP contribution in [0.1, 0.15) is 19.4 Å². The third-order valence-corrected chi connectivity index (χ3v) is 2.99. The van der Waals surface area contributed by atoms with Gasteiger partial charge in [-0.25, -0.2) is 8.78 Å². The Labute approximate surface area is 131 Å². The van der Waals surface area contributed by atoms with Crippen molar-refractivity contribution in [2.75, 3.05) is 5.32 Å². The molecule has 23 heavy (non-hydrogen) atoms. The Balaban J connectivity index is 0.000000924. The maximum absolute atomic E-state index is 13.9. The van der Waals surface area contributed by atoms with Crippen LogP contribution in [-0.4, -0.2) is 10.2 Å². The first-order valence-electron chi connectivity index (χ1n) is 7.00. The topological polar surface area (TPSA) is 67.5 Å². The molecule has 122 valence electrons. The van der Waals surface area contributed by atoms with Gasteiger partial charge in [-0.3, -0.25) is 9.87 Å². The molecule has 0 spiro atoms. The van der Waals surface area contributed by atoms with Crippen LogP contribution >= 0.6 is 0 Å². The van der Waals surface area contributed by atoms with Crippen LogP contribution in [0.4, 0.5) is 20.2 Å². The van der Waals surface area contributed by atoms with Crippen molar-refractivity contribution in [3.8, 4) is 5.95 Å². The summed E-state index contributed by atoms with van der Waals surface area (Å²) in [5, 5.41) is 11.8. The van der Waals surface area contributed by atoms with Gasteiger partial charge < -0.3 is 9.73 Å². The zero-order chi connectivity index (χ0) is 17.0. The Morgan fingerprint density at radius 3 is 2.57 bits per heavy atom. The van der Waals surface area contributed by atoms with Gasteiger partial charge in [0.2, 0.25) is 0 Å². The number of pyridine rings is 1. The second-order valence-electron chi connectivity index (χ2n) is 4.46. The van der Waals surface area contributed by atoms with Crippen LogP contribution in [0.5, 0.6) is 5.95 Å². The van der Waals surface area contributed by atoms with Gasteiger partial charge in [0.15, 0.2) is 11.4 Å². The Hall–Kier alpha value is -2.67. The van der Waals surface area contributed by atoms with Crippen LogP contribution in [0.15, 0.2) is 35.0 Å². The van der Waals surface area contributed by atoms with E-state index in [0.717, 1.165) is 11.8 Å². The van der Waals surface area contributed by atoms with Crippen molar-refractivity contribution in [1.29, 1.82) is 0 Å². The van der Waals surface area contributed by atoms with E-state index in [1.165, 1.54) is 18.3 Å². The highest BCUT2D eigenvalue weighted by molar-refractivity contribution is 5.95. The molecule has 0 bridgehead atoms.